The molecule has 0 saturated carbocycles. The van der Waals surface area contributed by atoms with Gasteiger partial charge in [0.05, 0.1) is 16.6 Å². The summed E-state index contributed by atoms with van der Waals surface area (Å²) in [6, 6.07) is 9.55. The van der Waals surface area contributed by atoms with Crippen LogP contribution in [0.15, 0.2) is 48.7 Å². The summed E-state index contributed by atoms with van der Waals surface area (Å²) in [5.74, 6) is -1.04. The maximum Gasteiger partial charge on any atom is 0.416 e. The molecule has 0 bridgehead atoms. The van der Waals surface area contributed by atoms with E-state index in [1.165, 1.54) is 18.2 Å². The van der Waals surface area contributed by atoms with Gasteiger partial charge >= 0.3 is 12.1 Å². The average Bonchev–Trinajstić information content (AvgIpc) is 3.17. The molecule has 0 atom stereocenters. The molecule has 4 rings (SSSR count). The van der Waals surface area contributed by atoms with E-state index in [1.54, 1.807) is 21.4 Å². The van der Waals surface area contributed by atoms with Gasteiger partial charge in [-0.05, 0) is 48.9 Å². The van der Waals surface area contributed by atoms with Crippen LogP contribution >= 0.6 is 0 Å². The van der Waals surface area contributed by atoms with Crippen LogP contribution in [0.3, 0.4) is 0 Å². The van der Waals surface area contributed by atoms with Crippen molar-refractivity contribution < 1.29 is 23.1 Å². The van der Waals surface area contributed by atoms with Crippen molar-refractivity contribution in [3.05, 3.63) is 59.8 Å². The Morgan fingerprint density at radius 1 is 1.11 bits per heavy atom. The summed E-state index contributed by atoms with van der Waals surface area (Å²) < 4.78 is 42.2. The number of alkyl halides is 3. The molecule has 0 aliphatic carbocycles. The molecule has 8 heteroatoms. The lowest BCUT2D eigenvalue weighted by Gasteiger charge is -2.10. The van der Waals surface area contributed by atoms with Gasteiger partial charge in [-0.2, -0.15) is 18.3 Å². The van der Waals surface area contributed by atoms with Crippen molar-refractivity contribution in [3.8, 4) is 5.69 Å². The number of carbonyl (C=O) groups is 1. The normalized spacial score (nSPS) is 12.1. The molecule has 0 saturated heterocycles. The van der Waals surface area contributed by atoms with Crippen LogP contribution in [0.2, 0.25) is 0 Å². The van der Waals surface area contributed by atoms with Gasteiger partial charge in [-0.15, -0.1) is 0 Å². The fourth-order valence-corrected chi connectivity index (χ4v) is 3.36. The highest BCUT2D eigenvalue weighted by Crippen LogP contribution is 2.34. The van der Waals surface area contributed by atoms with Crippen LogP contribution in [0.4, 0.5) is 13.2 Å². The van der Waals surface area contributed by atoms with Gasteiger partial charge in [0, 0.05) is 29.2 Å². The third kappa shape index (κ3) is 2.90. The summed E-state index contributed by atoms with van der Waals surface area (Å²) in [5, 5.41) is 15.3. The molecular formula is C20H16F3N3O2. The zero-order valence-electron chi connectivity index (χ0n) is 14.9. The molecule has 2 heterocycles. The lowest BCUT2D eigenvalue weighted by molar-refractivity contribution is -0.137. The summed E-state index contributed by atoms with van der Waals surface area (Å²) >= 11 is 0. The molecule has 28 heavy (non-hydrogen) atoms. The first kappa shape index (κ1) is 18.1. The Morgan fingerprint density at radius 2 is 1.82 bits per heavy atom. The third-order valence-electron chi connectivity index (χ3n) is 4.63. The molecular weight excluding hydrogens is 371 g/mol. The van der Waals surface area contributed by atoms with E-state index >= 15 is 0 Å². The number of aryl methyl sites for hydroxylation is 1. The molecule has 4 aromatic rings. The van der Waals surface area contributed by atoms with Crippen LogP contribution < -0.4 is 0 Å². The maximum absolute atomic E-state index is 12.9. The van der Waals surface area contributed by atoms with Gasteiger partial charge < -0.3 is 5.11 Å². The number of hydrogen-bond donors (Lipinski definition) is 1. The molecule has 0 amide bonds. The van der Waals surface area contributed by atoms with Crippen LogP contribution in [-0.2, 0) is 12.7 Å². The van der Waals surface area contributed by atoms with Gasteiger partial charge in [0.2, 0.25) is 0 Å². The van der Waals surface area contributed by atoms with Crippen molar-refractivity contribution in [3.63, 3.8) is 0 Å². The number of aromatic carboxylic acids is 1. The van der Waals surface area contributed by atoms with Crippen molar-refractivity contribution in [1.82, 2.24) is 14.3 Å². The maximum atomic E-state index is 12.9. The van der Waals surface area contributed by atoms with Gasteiger partial charge in [0.25, 0.3) is 0 Å². The van der Waals surface area contributed by atoms with E-state index in [0.29, 0.717) is 28.8 Å². The SMILES string of the molecule is CCCn1cc2c3cc(C(=O)O)ccc3n(-c3ccc(C(F)(F)F)cc3)c2n1. The summed E-state index contributed by atoms with van der Waals surface area (Å²) in [6.07, 6.45) is -1.71. The van der Waals surface area contributed by atoms with Gasteiger partial charge in [-0.25, -0.2) is 4.79 Å². The smallest absolute Gasteiger partial charge is 0.416 e. The molecule has 0 aliphatic rings. The number of fused-ring (bicyclic) bond motifs is 3. The monoisotopic (exact) mass is 387 g/mol. The minimum atomic E-state index is -4.41. The molecule has 2 aromatic heterocycles. The van der Waals surface area contributed by atoms with E-state index in [9.17, 15) is 23.1 Å². The fourth-order valence-electron chi connectivity index (χ4n) is 3.36. The summed E-state index contributed by atoms with van der Waals surface area (Å²) in [6.45, 7) is 2.69. The van der Waals surface area contributed by atoms with Crippen LogP contribution in [0.25, 0.3) is 27.6 Å². The first-order chi connectivity index (χ1) is 13.3. The second-order valence-corrected chi connectivity index (χ2v) is 6.55. The molecule has 5 nitrogen and oxygen atoms in total. The minimum absolute atomic E-state index is 0.141. The van der Waals surface area contributed by atoms with Gasteiger partial charge in [0.15, 0.2) is 5.65 Å². The van der Waals surface area contributed by atoms with Gasteiger partial charge in [-0.3, -0.25) is 9.25 Å². The molecule has 0 spiro atoms. The number of benzene rings is 2. The first-order valence-corrected chi connectivity index (χ1v) is 8.72. The fraction of sp³-hybridized carbons (Fsp3) is 0.200. The van der Waals surface area contributed by atoms with E-state index in [1.807, 2.05) is 13.1 Å². The number of hydrogen-bond acceptors (Lipinski definition) is 2. The van der Waals surface area contributed by atoms with Gasteiger partial charge in [-0.1, -0.05) is 6.92 Å². The van der Waals surface area contributed by atoms with E-state index in [2.05, 4.69) is 5.10 Å². The van der Waals surface area contributed by atoms with Crippen LogP contribution in [0.5, 0.6) is 0 Å². The van der Waals surface area contributed by atoms with Crippen LogP contribution in [-0.4, -0.2) is 25.4 Å². The highest BCUT2D eigenvalue weighted by atomic mass is 19.4. The largest absolute Gasteiger partial charge is 0.478 e. The van der Waals surface area contributed by atoms with Crippen molar-refractivity contribution in [1.29, 1.82) is 0 Å². The average molecular weight is 387 g/mol. The summed E-state index contributed by atoms with van der Waals surface area (Å²) in [7, 11) is 0. The molecule has 0 radical (unpaired) electrons. The number of nitrogens with zero attached hydrogens (tertiary/aromatic N) is 3. The van der Waals surface area contributed by atoms with Crippen LogP contribution in [0, 0.1) is 0 Å². The predicted octanol–water partition coefficient (Wildman–Crippen LogP) is 5.11. The van der Waals surface area contributed by atoms with Crippen molar-refractivity contribution in [2.75, 3.05) is 0 Å². The zero-order chi connectivity index (χ0) is 20.1. The summed E-state index contributed by atoms with van der Waals surface area (Å²) in [5.41, 5.74) is 1.20. The topological polar surface area (TPSA) is 60.1 Å². The van der Waals surface area contributed by atoms with E-state index in [0.717, 1.165) is 23.9 Å². The highest BCUT2D eigenvalue weighted by Gasteiger charge is 2.30. The number of carboxylic acids is 1. The van der Waals surface area contributed by atoms with Crippen molar-refractivity contribution >= 4 is 27.9 Å². The Kier molecular flexibility index (Phi) is 4.14. The molecule has 144 valence electrons. The molecule has 0 fully saturated rings. The zero-order valence-corrected chi connectivity index (χ0v) is 14.9. The molecule has 1 N–H and O–H groups in total. The third-order valence-corrected chi connectivity index (χ3v) is 4.63. The molecule has 2 aromatic carbocycles. The van der Waals surface area contributed by atoms with E-state index < -0.39 is 17.7 Å². The number of carboxylic acid groups (broad SMARTS) is 1. The molecule has 0 unspecified atom stereocenters. The van der Waals surface area contributed by atoms with Gasteiger partial charge in [0.1, 0.15) is 0 Å². The van der Waals surface area contributed by atoms with E-state index in [-0.39, 0.29) is 5.56 Å². The second kappa shape index (κ2) is 6.40. The standard InChI is InChI=1S/C20H16F3N3O2/c1-2-9-25-11-16-15-10-12(19(27)28)3-8-17(15)26(18(16)24-25)14-6-4-13(5-7-14)20(21,22)23/h3-8,10-11H,2,9H2,1H3,(H,27,28). The number of halogens is 3. The van der Waals surface area contributed by atoms with Crippen molar-refractivity contribution in [2.24, 2.45) is 0 Å². The predicted molar refractivity (Wildman–Crippen MR) is 98.8 cm³/mol. The second-order valence-electron chi connectivity index (χ2n) is 6.55. The quantitative estimate of drug-likeness (QED) is 0.530. The highest BCUT2D eigenvalue weighted by molar-refractivity contribution is 6.09. The Bertz CT molecular complexity index is 1190. The Hall–Kier alpha value is -3.29. The van der Waals surface area contributed by atoms with Crippen molar-refractivity contribution in [2.45, 2.75) is 26.1 Å². The Balaban J connectivity index is 1.98. The lowest BCUT2D eigenvalue weighted by atomic mass is 10.1. The number of aromatic nitrogens is 3. The Morgan fingerprint density at radius 3 is 2.43 bits per heavy atom. The Labute approximate surface area is 157 Å². The number of rotatable bonds is 4. The lowest BCUT2D eigenvalue weighted by Crippen LogP contribution is -2.05. The van der Waals surface area contributed by atoms with Crippen LogP contribution in [0.1, 0.15) is 29.3 Å². The summed E-state index contributed by atoms with van der Waals surface area (Å²) in [4.78, 5) is 11.4. The first-order valence-electron chi connectivity index (χ1n) is 8.72. The van der Waals surface area contributed by atoms with E-state index in [4.69, 9.17) is 0 Å². The molecule has 0 aliphatic heterocycles. The minimum Gasteiger partial charge on any atom is -0.478 e.